The van der Waals surface area contributed by atoms with Gasteiger partial charge in [-0.1, -0.05) is 42.5 Å². The van der Waals surface area contributed by atoms with Crippen molar-refractivity contribution in [1.29, 1.82) is 0 Å². The molecule has 0 saturated carbocycles. The Labute approximate surface area is 257 Å². The van der Waals surface area contributed by atoms with Crippen molar-refractivity contribution < 1.29 is 19.1 Å². The molecule has 3 aromatic carbocycles. The van der Waals surface area contributed by atoms with Crippen molar-refractivity contribution >= 4 is 34.3 Å². The molecule has 2 N–H and O–H groups in total. The summed E-state index contributed by atoms with van der Waals surface area (Å²) >= 11 is 0. The maximum absolute atomic E-state index is 14.0. The van der Waals surface area contributed by atoms with Crippen LogP contribution in [0.1, 0.15) is 35.1 Å². The number of aliphatic hydroxyl groups is 1. The lowest BCUT2D eigenvalue weighted by Crippen LogP contribution is -2.40. The third-order valence-electron chi connectivity index (χ3n) is 8.56. The van der Waals surface area contributed by atoms with Crippen LogP contribution in [0.4, 0.5) is 20.7 Å². The first-order valence-electron chi connectivity index (χ1n) is 15.3. The zero-order valence-electron chi connectivity index (χ0n) is 25.0. The normalized spacial score (nSPS) is 16.8. The van der Waals surface area contributed by atoms with Gasteiger partial charge in [-0.25, -0.2) is 14.2 Å². The van der Waals surface area contributed by atoms with Gasteiger partial charge in [-0.15, -0.1) is 0 Å². The number of benzene rings is 3. The lowest BCUT2D eigenvalue weighted by molar-refractivity contribution is -0.131. The first-order valence-corrected chi connectivity index (χ1v) is 15.3. The van der Waals surface area contributed by atoms with Crippen molar-refractivity contribution in [2.45, 2.75) is 45.3 Å². The second kappa shape index (κ2) is 13.0. The number of aryl methyl sites for hydroxylation is 1. The van der Waals surface area contributed by atoms with Gasteiger partial charge in [0.05, 0.1) is 18.0 Å². The number of piperidine rings is 1. The third kappa shape index (κ3) is 6.68. The Bertz CT molecular complexity index is 1640. The highest BCUT2D eigenvalue weighted by Crippen LogP contribution is 2.29. The number of para-hydroxylation sites is 1. The van der Waals surface area contributed by atoms with Crippen LogP contribution in [0.3, 0.4) is 0 Å². The van der Waals surface area contributed by atoms with E-state index in [2.05, 4.69) is 16.3 Å². The molecule has 3 amide bonds. The Morgan fingerprint density at radius 2 is 1.84 bits per heavy atom. The van der Waals surface area contributed by atoms with Crippen LogP contribution < -0.4 is 15.1 Å². The molecule has 0 bridgehead atoms. The molecule has 44 heavy (non-hydrogen) atoms. The number of hydrogen-bond donors (Lipinski definition) is 2. The fraction of sp³-hybridized carbons (Fsp3) is 0.343. The van der Waals surface area contributed by atoms with Crippen molar-refractivity contribution in [3.8, 4) is 0 Å². The van der Waals surface area contributed by atoms with Crippen molar-refractivity contribution in [2.24, 2.45) is 0 Å². The molecule has 2 aliphatic heterocycles. The number of β-amino-alcohol motifs (C(OH)–C–C–N with tert-alkyl or cyclic N) is 1. The molecule has 2 saturated heterocycles. The first-order chi connectivity index (χ1) is 21.3. The van der Waals surface area contributed by atoms with Crippen molar-refractivity contribution in [3.05, 3.63) is 101 Å². The van der Waals surface area contributed by atoms with Crippen LogP contribution >= 0.6 is 0 Å². The van der Waals surface area contributed by atoms with Gasteiger partial charge in [0.15, 0.2) is 0 Å². The standard InChI is InChI=1S/C35H38FN5O3/c1-24-4-2-5-27-21-28(34(38-33(24)27)40-17-3-6-31(42)23-40)22-39(18-15-25-7-11-29(36)12-8-25)32(43)20-26-9-13-30(14-10-26)41-19-16-37-35(41)44/h2,4-5,7-14,21,31,42H,3,6,15-20,22-23H2,1H3,(H,37,44)/t31-/m1/s1. The van der Waals surface area contributed by atoms with Gasteiger partial charge in [0.25, 0.3) is 0 Å². The summed E-state index contributed by atoms with van der Waals surface area (Å²) in [6.07, 6.45) is 2.00. The Balaban J connectivity index is 1.29. The zero-order valence-corrected chi connectivity index (χ0v) is 25.0. The maximum Gasteiger partial charge on any atom is 0.321 e. The van der Waals surface area contributed by atoms with E-state index in [0.717, 1.165) is 64.0 Å². The van der Waals surface area contributed by atoms with E-state index in [-0.39, 0.29) is 24.2 Å². The number of rotatable bonds is 9. The van der Waals surface area contributed by atoms with Gasteiger partial charge in [-0.3, -0.25) is 9.69 Å². The van der Waals surface area contributed by atoms with Gasteiger partial charge in [-0.05, 0) is 73.2 Å². The summed E-state index contributed by atoms with van der Waals surface area (Å²) in [6.45, 7) is 5.37. The molecule has 0 radical (unpaired) electrons. The summed E-state index contributed by atoms with van der Waals surface area (Å²) in [5.41, 5.74) is 5.53. The van der Waals surface area contributed by atoms with Crippen molar-refractivity contribution in [1.82, 2.24) is 15.2 Å². The Morgan fingerprint density at radius 1 is 1.07 bits per heavy atom. The molecule has 0 aliphatic carbocycles. The molecule has 228 valence electrons. The Morgan fingerprint density at radius 3 is 2.57 bits per heavy atom. The monoisotopic (exact) mass is 595 g/mol. The van der Waals surface area contributed by atoms with E-state index in [1.165, 1.54) is 12.1 Å². The highest BCUT2D eigenvalue weighted by molar-refractivity contribution is 5.94. The van der Waals surface area contributed by atoms with E-state index < -0.39 is 6.10 Å². The van der Waals surface area contributed by atoms with Crippen LogP contribution in [0.25, 0.3) is 10.9 Å². The Kier molecular flexibility index (Phi) is 8.74. The van der Waals surface area contributed by atoms with Crippen LogP contribution in [-0.4, -0.2) is 65.8 Å². The molecule has 0 unspecified atom stereocenters. The minimum absolute atomic E-state index is 0.0345. The number of pyridine rings is 1. The number of aromatic nitrogens is 1. The number of halogens is 1. The van der Waals surface area contributed by atoms with Crippen LogP contribution in [-0.2, 0) is 24.2 Å². The molecule has 4 aromatic rings. The number of fused-ring (bicyclic) bond motifs is 1. The first kappa shape index (κ1) is 29.6. The number of hydrogen-bond acceptors (Lipinski definition) is 5. The van der Waals surface area contributed by atoms with Gasteiger partial charge < -0.3 is 20.2 Å². The van der Waals surface area contributed by atoms with Crippen molar-refractivity contribution in [3.63, 3.8) is 0 Å². The van der Waals surface area contributed by atoms with Crippen LogP contribution in [0.2, 0.25) is 0 Å². The predicted molar refractivity (Wildman–Crippen MR) is 170 cm³/mol. The van der Waals surface area contributed by atoms with Crippen LogP contribution in [0, 0.1) is 12.7 Å². The van der Waals surface area contributed by atoms with Gasteiger partial charge in [-0.2, -0.15) is 0 Å². The maximum atomic E-state index is 14.0. The van der Waals surface area contributed by atoms with E-state index >= 15 is 0 Å². The summed E-state index contributed by atoms with van der Waals surface area (Å²) in [5, 5.41) is 14.3. The fourth-order valence-corrected chi connectivity index (χ4v) is 6.13. The van der Waals surface area contributed by atoms with Crippen LogP contribution in [0.15, 0.2) is 72.8 Å². The largest absolute Gasteiger partial charge is 0.391 e. The topological polar surface area (TPSA) is 89.0 Å². The molecule has 2 aliphatic rings. The molecule has 1 aromatic heterocycles. The minimum atomic E-state index is -0.420. The second-order valence-corrected chi connectivity index (χ2v) is 11.8. The highest BCUT2D eigenvalue weighted by atomic mass is 19.1. The average Bonchev–Trinajstić information content (AvgIpc) is 3.46. The van der Waals surface area contributed by atoms with Gasteiger partial charge in [0, 0.05) is 55.9 Å². The molecule has 8 nitrogen and oxygen atoms in total. The SMILES string of the molecule is Cc1cccc2cc(CN(CCc3ccc(F)cc3)C(=O)Cc3ccc(N4CCNC4=O)cc3)c(N3CCC[C@@H](O)C3)nc12. The minimum Gasteiger partial charge on any atom is -0.391 e. The van der Waals surface area contributed by atoms with Gasteiger partial charge in [0.1, 0.15) is 11.6 Å². The smallest absolute Gasteiger partial charge is 0.321 e. The summed E-state index contributed by atoms with van der Waals surface area (Å²) in [4.78, 5) is 36.8. The Hall–Kier alpha value is -4.50. The number of nitrogens with zero attached hydrogens (tertiary/aromatic N) is 4. The quantitative estimate of drug-likeness (QED) is 0.285. The molecular formula is C35H38FN5O3. The fourth-order valence-electron chi connectivity index (χ4n) is 6.13. The predicted octanol–water partition coefficient (Wildman–Crippen LogP) is 4.99. The summed E-state index contributed by atoms with van der Waals surface area (Å²) in [6, 6.07) is 22.1. The van der Waals surface area contributed by atoms with E-state index in [0.29, 0.717) is 39.1 Å². The van der Waals surface area contributed by atoms with E-state index in [1.54, 1.807) is 17.0 Å². The molecule has 9 heteroatoms. The number of carbonyl (C=O) groups is 2. The lowest BCUT2D eigenvalue weighted by atomic mass is 10.0. The number of carbonyl (C=O) groups excluding carboxylic acids is 2. The lowest BCUT2D eigenvalue weighted by Gasteiger charge is -2.34. The van der Waals surface area contributed by atoms with Gasteiger partial charge >= 0.3 is 6.03 Å². The molecule has 0 spiro atoms. The summed E-state index contributed by atoms with van der Waals surface area (Å²) in [7, 11) is 0. The second-order valence-electron chi connectivity index (χ2n) is 11.8. The van der Waals surface area contributed by atoms with E-state index in [9.17, 15) is 19.1 Å². The number of anilines is 2. The number of urea groups is 1. The molecular weight excluding hydrogens is 557 g/mol. The number of aliphatic hydroxyl groups excluding tert-OH is 1. The zero-order chi connectivity index (χ0) is 30.6. The van der Waals surface area contributed by atoms with E-state index in [4.69, 9.17) is 4.98 Å². The molecule has 3 heterocycles. The van der Waals surface area contributed by atoms with E-state index in [1.807, 2.05) is 54.3 Å². The molecule has 2 fully saturated rings. The average molecular weight is 596 g/mol. The number of amides is 3. The van der Waals surface area contributed by atoms with Gasteiger partial charge in [0.2, 0.25) is 5.91 Å². The molecule has 1 atom stereocenters. The molecule has 6 rings (SSSR count). The third-order valence-corrected chi connectivity index (χ3v) is 8.56. The summed E-state index contributed by atoms with van der Waals surface area (Å²) in [5.74, 6) is 0.480. The van der Waals surface area contributed by atoms with Crippen LogP contribution in [0.5, 0.6) is 0 Å². The summed E-state index contributed by atoms with van der Waals surface area (Å²) < 4.78 is 13.6. The highest BCUT2D eigenvalue weighted by Gasteiger charge is 2.25. The van der Waals surface area contributed by atoms with Crippen molar-refractivity contribution in [2.75, 3.05) is 42.5 Å². The number of nitrogens with one attached hydrogen (secondary N) is 1.